The van der Waals surface area contributed by atoms with E-state index in [1.54, 1.807) is 9.80 Å². The number of aromatic nitrogens is 1. The van der Waals surface area contributed by atoms with Crippen molar-refractivity contribution in [3.63, 3.8) is 0 Å². The summed E-state index contributed by atoms with van der Waals surface area (Å²) >= 11 is 0. The minimum absolute atomic E-state index is 0.169. The zero-order chi connectivity index (χ0) is 21.1. The number of carbonyl (C=O) groups is 3. The van der Waals surface area contributed by atoms with Crippen LogP contribution in [0.4, 0.5) is 4.79 Å². The molecule has 2 aromatic rings. The molecule has 9 heteroatoms. The summed E-state index contributed by atoms with van der Waals surface area (Å²) in [6.45, 7) is 1.53. The van der Waals surface area contributed by atoms with Crippen LogP contribution in [0, 0.1) is 0 Å². The summed E-state index contributed by atoms with van der Waals surface area (Å²) in [5.41, 5.74) is -0.00874. The summed E-state index contributed by atoms with van der Waals surface area (Å²) in [6.07, 6.45) is 3.33. The number of carbonyl (C=O) groups excluding carboxylic acids is 3. The second kappa shape index (κ2) is 8.27. The third-order valence-corrected chi connectivity index (χ3v) is 5.85. The molecular formula is C21H24N4O5. The predicted molar refractivity (Wildman–Crippen MR) is 105 cm³/mol. The number of methoxy groups -OCH3 is 1. The van der Waals surface area contributed by atoms with Crippen molar-refractivity contribution in [1.82, 2.24) is 19.7 Å². The van der Waals surface area contributed by atoms with Gasteiger partial charge in [-0.05, 0) is 18.4 Å². The summed E-state index contributed by atoms with van der Waals surface area (Å²) in [7, 11) is 1.54. The number of hydrogen-bond donors (Lipinski definition) is 0. The molecule has 0 aliphatic carbocycles. The topological polar surface area (TPSA) is 96.2 Å². The van der Waals surface area contributed by atoms with E-state index in [1.165, 1.54) is 24.6 Å². The summed E-state index contributed by atoms with van der Waals surface area (Å²) in [6, 6.07) is 9.29. The van der Waals surface area contributed by atoms with Crippen molar-refractivity contribution in [2.24, 2.45) is 0 Å². The van der Waals surface area contributed by atoms with Gasteiger partial charge in [-0.1, -0.05) is 30.3 Å². The van der Waals surface area contributed by atoms with E-state index in [9.17, 15) is 14.4 Å². The van der Waals surface area contributed by atoms with Crippen LogP contribution in [0.1, 0.15) is 29.0 Å². The molecule has 0 atom stereocenters. The van der Waals surface area contributed by atoms with E-state index in [2.05, 4.69) is 4.98 Å². The van der Waals surface area contributed by atoms with Crippen molar-refractivity contribution in [1.29, 1.82) is 0 Å². The summed E-state index contributed by atoms with van der Waals surface area (Å²) in [5, 5.41) is 0. The van der Waals surface area contributed by atoms with Gasteiger partial charge in [-0.15, -0.1) is 0 Å². The normalized spacial score (nSPS) is 18.5. The Labute approximate surface area is 174 Å². The Bertz CT molecular complexity index is 907. The summed E-state index contributed by atoms with van der Waals surface area (Å²) in [5.74, 6) is -0.306. The number of imide groups is 1. The van der Waals surface area contributed by atoms with Crippen LogP contribution in [0.25, 0.3) is 0 Å². The average Bonchev–Trinajstić information content (AvgIpc) is 3.37. The van der Waals surface area contributed by atoms with E-state index in [0.29, 0.717) is 32.5 Å². The Hall–Kier alpha value is -3.20. The first-order valence-corrected chi connectivity index (χ1v) is 9.91. The van der Waals surface area contributed by atoms with Gasteiger partial charge in [-0.2, -0.15) is 0 Å². The minimum Gasteiger partial charge on any atom is -0.438 e. The van der Waals surface area contributed by atoms with Crippen molar-refractivity contribution < 1.29 is 23.5 Å². The number of likely N-dealkylation sites (tertiary alicyclic amines) is 1. The second-order valence-electron chi connectivity index (χ2n) is 7.49. The van der Waals surface area contributed by atoms with Crippen LogP contribution in [0.15, 0.2) is 47.3 Å². The maximum Gasteiger partial charge on any atom is 0.328 e. The molecule has 2 saturated heterocycles. The highest BCUT2D eigenvalue weighted by atomic mass is 16.5. The van der Waals surface area contributed by atoms with Crippen LogP contribution in [0.5, 0.6) is 0 Å². The van der Waals surface area contributed by atoms with Crippen LogP contribution in [-0.4, -0.2) is 76.4 Å². The molecule has 1 aromatic carbocycles. The molecule has 0 N–H and O–H groups in total. The highest BCUT2D eigenvalue weighted by Crippen LogP contribution is 2.38. The van der Waals surface area contributed by atoms with Gasteiger partial charge in [0, 0.05) is 26.7 Å². The van der Waals surface area contributed by atoms with Gasteiger partial charge in [0.15, 0.2) is 6.39 Å². The largest absolute Gasteiger partial charge is 0.438 e. The molecule has 2 aliphatic rings. The van der Waals surface area contributed by atoms with Crippen LogP contribution in [0.3, 0.4) is 0 Å². The van der Waals surface area contributed by atoms with Crippen molar-refractivity contribution in [2.75, 3.05) is 33.4 Å². The molecule has 0 bridgehead atoms. The lowest BCUT2D eigenvalue weighted by atomic mass is 9.85. The van der Waals surface area contributed by atoms with Gasteiger partial charge in [-0.3, -0.25) is 14.5 Å². The van der Waals surface area contributed by atoms with Gasteiger partial charge in [-0.25, -0.2) is 9.78 Å². The van der Waals surface area contributed by atoms with Gasteiger partial charge in [0.25, 0.3) is 11.8 Å². The van der Waals surface area contributed by atoms with Gasteiger partial charge < -0.3 is 19.0 Å². The molecule has 0 radical (unpaired) electrons. The molecule has 3 heterocycles. The zero-order valence-electron chi connectivity index (χ0n) is 16.8. The lowest BCUT2D eigenvalue weighted by Crippen LogP contribution is -2.57. The summed E-state index contributed by atoms with van der Waals surface area (Å²) in [4.78, 5) is 47.5. The fourth-order valence-electron chi connectivity index (χ4n) is 4.19. The van der Waals surface area contributed by atoms with Gasteiger partial charge in [0.1, 0.15) is 5.54 Å². The molecule has 1 aromatic heterocycles. The number of amides is 4. The molecule has 2 aliphatic heterocycles. The lowest BCUT2D eigenvalue weighted by molar-refractivity contribution is -0.136. The van der Waals surface area contributed by atoms with Gasteiger partial charge in [0.05, 0.1) is 19.3 Å². The molecule has 4 amide bonds. The van der Waals surface area contributed by atoms with Crippen molar-refractivity contribution in [3.05, 3.63) is 54.2 Å². The van der Waals surface area contributed by atoms with Crippen LogP contribution < -0.4 is 0 Å². The van der Waals surface area contributed by atoms with E-state index < -0.39 is 5.54 Å². The second-order valence-corrected chi connectivity index (χ2v) is 7.49. The molecule has 4 rings (SSSR count). The number of ether oxygens (including phenoxy) is 1. The van der Waals surface area contributed by atoms with Gasteiger partial charge >= 0.3 is 6.03 Å². The van der Waals surface area contributed by atoms with E-state index in [1.807, 2.05) is 30.3 Å². The molecule has 2 fully saturated rings. The van der Waals surface area contributed by atoms with E-state index in [0.717, 1.165) is 5.56 Å². The van der Waals surface area contributed by atoms with E-state index in [4.69, 9.17) is 9.15 Å². The lowest BCUT2D eigenvalue weighted by Gasteiger charge is -2.42. The Morgan fingerprint density at radius 3 is 2.57 bits per heavy atom. The number of nitrogens with zero attached hydrogens (tertiary/aromatic N) is 4. The molecule has 1 spiro atoms. The highest BCUT2D eigenvalue weighted by Gasteiger charge is 2.58. The quantitative estimate of drug-likeness (QED) is 0.671. The molecule has 158 valence electrons. The first-order chi connectivity index (χ1) is 14.6. The number of hydrogen-bond acceptors (Lipinski definition) is 6. The molecular weight excluding hydrogens is 388 g/mol. The standard InChI is InChI=1S/C21H24N4O5/c1-29-12-11-24-19(27)21(25(20(24)28)14-16-5-3-2-4-6-16)7-9-23(10-8-21)18(26)17-13-22-15-30-17/h2-6,13,15H,7-12,14H2,1H3. The number of oxazole rings is 1. The number of piperidine rings is 1. The molecule has 30 heavy (non-hydrogen) atoms. The molecule has 0 unspecified atom stereocenters. The third-order valence-electron chi connectivity index (χ3n) is 5.85. The molecule has 9 nitrogen and oxygen atoms in total. The first-order valence-electron chi connectivity index (χ1n) is 9.91. The fourth-order valence-corrected chi connectivity index (χ4v) is 4.19. The van der Waals surface area contributed by atoms with Crippen molar-refractivity contribution in [2.45, 2.75) is 24.9 Å². The average molecular weight is 412 g/mol. The fraction of sp³-hybridized carbons (Fsp3) is 0.429. The monoisotopic (exact) mass is 412 g/mol. The third kappa shape index (κ3) is 3.45. The number of urea groups is 1. The zero-order valence-corrected chi connectivity index (χ0v) is 16.8. The van der Waals surface area contributed by atoms with Crippen LogP contribution >= 0.6 is 0 Å². The minimum atomic E-state index is -0.959. The Morgan fingerprint density at radius 1 is 1.20 bits per heavy atom. The maximum absolute atomic E-state index is 13.4. The first kappa shape index (κ1) is 20.1. The van der Waals surface area contributed by atoms with Crippen molar-refractivity contribution in [3.8, 4) is 0 Å². The van der Waals surface area contributed by atoms with E-state index in [-0.39, 0.29) is 36.8 Å². The number of rotatable bonds is 6. The Morgan fingerprint density at radius 2 is 1.93 bits per heavy atom. The Balaban J connectivity index is 1.57. The SMILES string of the molecule is COCCN1C(=O)N(Cc2ccccc2)C2(CCN(C(=O)c3cnco3)CC2)C1=O. The van der Waals surface area contributed by atoms with Crippen LogP contribution in [0.2, 0.25) is 0 Å². The van der Waals surface area contributed by atoms with Gasteiger partial charge in [0.2, 0.25) is 5.76 Å². The van der Waals surface area contributed by atoms with Crippen LogP contribution in [-0.2, 0) is 16.1 Å². The number of benzene rings is 1. The summed E-state index contributed by atoms with van der Waals surface area (Å²) < 4.78 is 10.2. The molecule has 0 saturated carbocycles. The predicted octanol–water partition coefficient (Wildman–Crippen LogP) is 1.76. The van der Waals surface area contributed by atoms with Crippen molar-refractivity contribution >= 4 is 17.8 Å². The smallest absolute Gasteiger partial charge is 0.328 e. The highest BCUT2D eigenvalue weighted by molar-refractivity contribution is 6.07. The van der Waals surface area contributed by atoms with E-state index >= 15 is 0 Å². The Kier molecular flexibility index (Phi) is 5.54. The maximum atomic E-state index is 13.4.